The van der Waals surface area contributed by atoms with Crippen molar-refractivity contribution < 1.29 is 4.79 Å². The second kappa shape index (κ2) is 5.88. The number of hydrogen-bond acceptors (Lipinski definition) is 2. The average molecular weight is 265 g/mol. The summed E-state index contributed by atoms with van der Waals surface area (Å²) in [6, 6.07) is 9.54. The molecule has 0 radical (unpaired) electrons. The van der Waals surface area contributed by atoms with Crippen molar-refractivity contribution in [3.05, 3.63) is 29.8 Å². The van der Waals surface area contributed by atoms with Crippen molar-refractivity contribution >= 4 is 23.2 Å². The van der Waals surface area contributed by atoms with Gasteiger partial charge in [-0.2, -0.15) is 5.26 Å². The molecule has 1 rings (SSSR count). The predicted molar refractivity (Wildman–Crippen MR) is 73.6 cm³/mol. The molecule has 1 aromatic carbocycles. The number of nitrogens with zero attached hydrogens (tertiary/aromatic N) is 1. The van der Waals surface area contributed by atoms with Gasteiger partial charge in [0.25, 0.3) is 0 Å². The minimum absolute atomic E-state index is 0.0997. The van der Waals surface area contributed by atoms with Gasteiger partial charge >= 0.3 is 0 Å². The highest BCUT2D eigenvalue weighted by molar-refractivity contribution is 6.19. The van der Waals surface area contributed by atoms with E-state index in [2.05, 4.69) is 11.4 Å². The number of alkyl halides is 1. The van der Waals surface area contributed by atoms with Crippen LogP contribution in [0.4, 0.5) is 5.69 Å². The van der Waals surface area contributed by atoms with E-state index in [0.717, 1.165) is 11.3 Å². The van der Waals surface area contributed by atoms with Crippen LogP contribution in [0.3, 0.4) is 0 Å². The lowest BCUT2D eigenvalue weighted by molar-refractivity contribution is -0.118. The number of benzene rings is 1. The number of anilines is 1. The number of nitriles is 1. The molecule has 0 saturated carbocycles. The largest absolute Gasteiger partial charge is 0.326 e. The highest BCUT2D eigenvalue weighted by Gasteiger charge is 2.19. The van der Waals surface area contributed by atoms with E-state index in [4.69, 9.17) is 16.9 Å². The van der Waals surface area contributed by atoms with Crippen molar-refractivity contribution in [2.75, 3.05) is 11.2 Å². The van der Waals surface area contributed by atoms with Gasteiger partial charge in [0, 0.05) is 17.5 Å². The molecular formula is C14H17ClN2O. The standard InChI is InChI=1S/C14H17ClN2O/c1-10(8-15)13(18)17-12-6-4-11(5-7-12)14(2,3)9-16/h4-7,10H,8H2,1-3H3,(H,17,18). The Bertz CT molecular complexity index is 460. The summed E-state index contributed by atoms with van der Waals surface area (Å²) in [5, 5.41) is 11.8. The Labute approximate surface area is 113 Å². The van der Waals surface area contributed by atoms with Crippen LogP contribution in [0.25, 0.3) is 0 Å². The third kappa shape index (κ3) is 3.48. The van der Waals surface area contributed by atoms with Crippen LogP contribution >= 0.6 is 11.6 Å². The Balaban J connectivity index is 2.79. The van der Waals surface area contributed by atoms with Gasteiger partial charge < -0.3 is 5.32 Å². The molecule has 18 heavy (non-hydrogen) atoms. The molecule has 0 aromatic heterocycles. The van der Waals surface area contributed by atoms with E-state index in [9.17, 15) is 4.79 Å². The fourth-order valence-electron chi connectivity index (χ4n) is 1.37. The maximum atomic E-state index is 11.6. The quantitative estimate of drug-likeness (QED) is 0.849. The summed E-state index contributed by atoms with van der Waals surface area (Å²) in [4.78, 5) is 11.6. The molecule has 0 heterocycles. The minimum atomic E-state index is -0.522. The number of rotatable bonds is 4. The van der Waals surface area contributed by atoms with Crippen LogP contribution in [0.15, 0.2) is 24.3 Å². The van der Waals surface area contributed by atoms with Crippen molar-refractivity contribution in [3.63, 3.8) is 0 Å². The first-order valence-corrected chi connectivity index (χ1v) is 6.33. The van der Waals surface area contributed by atoms with Crippen LogP contribution < -0.4 is 5.32 Å². The molecule has 0 aliphatic rings. The van der Waals surface area contributed by atoms with Crippen LogP contribution in [-0.2, 0) is 10.2 Å². The second-order valence-electron chi connectivity index (χ2n) is 4.86. The van der Waals surface area contributed by atoms with Crippen LogP contribution in [0.1, 0.15) is 26.3 Å². The Kier molecular flexibility index (Phi) is 4.75. The van der Waals surface area contributed by atoms with E-state index < -0.39 is 5.41 Å². The van der Waals surface area contributed by atoms with E-state index >= 15 is 0 Å². The molecule has 1 unspecified atom stereocenters. The second-order valence-corrected chi connectivity index (χ2v) is 5.17. The molecule has 0 saturated heterocycles. The zero-order valence-electron chi connectivity index (χ0n) is 10.8. The van der Waals surface area contributed by atoms with Gasteiger partial charge in [-0.25, -0.2) is 0 Å². The number of carbonyl (C=O) groups excluding carboxylic acids is 1. The number of carbonyl (C=O) groups is 1. The topological polar surface area (TPSA) is 52.9 Å². The van der Waals surface area contributed by atoms with Crippen molar-refractivity contribution in [2.24, 2.45) is 5.92 Å². The fraction of sp³-hybridized carbons (Fsp3) is 0.429. The zero-order chi connectivity index (χ0) is 13.8. The van der Waals surface area contributed by atoms with Crippen LogP contribution in [0.2, 0.25) is 0 Å². The average Bonchev–Trinajstić information content (AvgIpc) is 2.38. The molecular weight excluding hydrogens is 248 g/mol. The van der Waals surface area contributed by atoms with Gasteiger partial charge in [0.05, 0.1) is 11.5 Å². The highest BCUT2D eigenvalue weighted by atomic mass is 35.5. The molecule has 0 fully saturated rings. The predicted octanol–water partition coefficient (Wildman–Crippen LogP) is 3.30. The van der Waals surface area contributed by atoms with Crippen LogP contribution in [-0.4, -0.2) is 11.8 Å². The minimum Gasteiger partial charge on any atom is -0.326 e. The zero-order valence-corrected chi connectivity index (χ0v) is 11.6. The van der Waals surface area contributed by atoms with Crippen molar-refractivity contribution in [3.8, 4) is 6.07 Å². The van der Waals surface area contributed by atoms with Crippen molar-refractivity contribution in [1.82, 2.24) is 0 Å². The Morgan fingerprint density at radius 1 is 1.44 bits per heavy atom. The maximum absolute atomic E-state index is 11.6. The summed E-state index contributed by atoms with van der Waals surface area (Å²) in [6.45, 7) is 5.49. The van der Waals surface area contributed by atoms with Gasteiger partial charge in [-0.05, 0) is 31.5 Å². The number of nitrogens with one attached hydrogen (secondary N) is 1. The molecule has 1 N–H and O–H groups in total. The van der Waals surface area contributed by atoms with E-state index in [0.29, 0.717) is 5.88 Å². The van der Waals surface area contributed by atoms with Crippen molar-refractivity contribution in [1.29, 1.82) is 5.26 Å². The van der Waals surface area contributed by atoms with E-state index in [1.807, 2.05) is 26.0 Å². The van der Waals surface area contributed by atoms with Gasteiger partial charge in [0.15, 0.2) is 0 Å². The highest BCUT2D eigenvalue weighted by Crippen LogP contribution is 2.23. The normalized spacial score (nSPS) is 12.6. The molecule has 0 bridgehead atoms. The summed E-state index contributed by atoms with van der Waals surface area (Å²) in [6.07, 6.45) is 0. The molecule has 1 atom stereocenters. The lowest BCUT2D eigenvalue weighted by atomic mass is 9.86. The maximum Gasteiger partial charge on any atom is 0.228 e. The first kappa shape index (κ1) is 14.5. The van der Waals surface area contributed by atoms with Crippen LogP contribution in [0, 0.1) is 17.2 Å². The molecule has 3 nitrogen and oxygen atoms in total. The fourth-order valence-corrected chi connectivity index (χ4v) is 1.51. The molecule has 1 amide bonds. The Morgan fingerprint density at radius 3 is 2.44 bits per heavy atom. The molecule has 0 spiro atoms. The third-order valence-electron chi connectivity index (χ3n) is 2.83. The van der Waals surface area contributed by atoms with Gasteiger partial charge in [-0.15, -0.1) is 11.6 Å². The Hall–Kier alpha value is -1.53. The third-order valence-corrected chi connectivity index (χ3v) is 3.30. The summed E-state index contributed by atoms with van der Waals surface area (Å²) < 4.78 is 0. The lowest BCUT2D eigenvalue weighted by Gasteiger charge is -2.16. The Morgan fingerprint density at radius 2 is 2.00 bits per heavy atom. The SMILES string of the molecule is CC(CCl)C(=O)Nc1ccc(C(C)(C)C#N)cc1. The van der Waals surface area contributed by atoms with Gasteiger partial charge in [0.1, 0.15) is 0 Å². The van der Waals surface area contributed by atoms with E-state index in [1.165, 1.54) is 0 Å². The smallest absolute Gasteiger partial charge is 0.228 e. The van der Waals surface area contributed by atoms with E-state index in [-0.39, 0.29) is 11.8 Å². The monoisotopic (exact) mass is 264 g/mol. The molecule has 4 heteroatoms. The van der Waals surface area contributed by atoms with E-state index in [1.54, 1.807) is 19.1 Å². The molecule has 0 aliphatic heterocycles. The molecule has 96 valence electrons. The van der Waals surface area contributed by atoms with Crippen molar-refractivity contribution in [2.45, 2.75) is 26.2 Å². The van der Waals surface area contributed by atoms with Gasteiger partial charge in [-0.1, -0.05) is 19.1 Å². The van der Waals surface area contributed by atoms with Gasteiger partial charge in [-0.3, -0.25) is 4.79 Å². The van der Waals surface area contributed by atoms with Gasteiger partial charge in [0.2, 0.25) is 5.91 Å². The summed E-state index contributed by atoms with van der Waals surface area (Å²) in [5.41, 5.74) is 1.12. The molecule has 1 aromatic rings. The number of halogens is 1. The number of amides is 1. The molecule has 0 aliphatic carbocycles. The first-order valence-electron chi connectivity index (χ1n) is 5.79. The van der Waals surface area contributed by atoms with Crippen LogP contribution in [0.5, 0.6) is 0 Å². The number of hydrogen-bond donors (Lipinski definition) is 1. The summed E-state index contributed by atoms with van der Waals surface area (Å²) in [7, 11) is 0. The first-order chi connectivity index (χ1) is 8.40. The summed E-state index contributed by atoms with van der Waals surface area (Å²) >= 11 is 5.62. The lowest BCUT2D eigenvalue weighted by Crippen LogP contribution is -2.21. The summed E-state index contributed by atoms with van der Waals surface area (Å²) in [5.74, 6) is -0.0232.